The van der Waals surface area contributed by atoms with Crippen LogP contribution in [0.25, 0.3) is 11.4 Å². The van der Waals surface area contributed by atoms with Gasteiger partial charge in [-0.3, -0.25) is 9.78 Å². The molecule has 0 fully saturated rings. The van der Waals surface area contributed by atoms with Gasteiger partial charge in [-0.05, 0) is 39.6 Å². The normalized spacial score (nSPS) is 14.9. The predicted molar refractivity (Wildman–Crippen MR) is 102 cm³/mol. The first-order valence-electron chi connectivity index (χ1n) is 8.91. The summed E-state index contributed by atoms with van der Waals surface area (Å²) in [6.07, 6.45) is 4.26. The van der Waals surface area contributed by atoms with Crippen LogP contribution in [0.4, 0.5) is 5.82 Å². The maximum Gasteiger partial charge on any atom is 0.219 e. The van der Waals surface area contributed by atoms with E-state index in [1.54, 1.807) is 19.3 Å². The highest BCUT2D eigenvalue weighted by atomic mass is 16.2. The van der Waals surface area contributed by atoms with Crippen LogP contribution in [-0.4, -0.2) is 63.9 Å². The number of hydrogen-bond donors (Lipinski definition) is 1. The van der Waals surface area contributed by atoms with Crippen molar-refractivity contribution in [2.24, 2.45) is 0 Å². The molecule has 3 heterocycles. The average molecular weight is 354 g/mol. The Labute approximate surface area is 154 Å². The number of amides is 1. The molecule has 1 atom stereocenters. The molecule has 2 aromatic rings. The summed E-state index contributed by atoms with van der Waals surface area (Å²) in [4.78, 5) is 29.5. The minimum Gasteiger partial charge on any atom is -0.366 e. The first-order chi connectivity index (χ1) is 12.4. The van der Waals surface area contributed by atoms with Crippen LogP contribution in [0.5, 0.6) is 0 Å². The zero-order valence-corrected chi connectivity index (χ0v) is 15.9. The van der Waals surface area contributed by atoms with Crippen LogP contribution in [-0.2, 0) is 17.8 Å². The molecule has 3 rings (SSSR count). The van der Waals surface area contributed by atoms with Crippen molar-refractivity contribution in [1.29, 1.82) is 0 Å². The molecule has 0 saturated carbocycles. The van der Waals surface area contributed by atoms with Crippen molar-refractivity contribution in [3.05, 3.63) is 35.8 Å². The third kappa shape index (κ3) is 4.16. The van der Waals surface area contributed by atoms with E-state index in [-0.39, 0.29) is 11.9 Å². The number of carbonyl (C=O) groups excluding carboxylic acids is 1. The molecule has 7 heteroatoms. The van der Waals surface area contributed by atoms with Gasteiger partial charge >= 0.3 is 0 Å². The van der Waals surface area contributed by atoms with Crippen molar-refractivity contribution in [3.8, 4) is 11.4 Å². The van der Waals surface area contributed by atoms with Gasteiger partial charge in [-0.15, -0.1) is 0 Å². The van der Waals surface area contributed by atoms with Gasteiger partial charge in [0.1, 0.15) is 5.82 Å². The van der Waals surface area contributed by atoms with Crippen molar-refractivity contribution in [1.82, 2.24) is 24.8 Å². The Bertz CT molecular complexity index is 777. The van der Waals surface area contributed by atoms with E-state index in [0.717, 1.165) is 35.6 Å². The lowest BCUT2D eigenvalue weighted by Crippen LogP contribution is -2.36. The van der Waals surface area contributed by atoms with E-state index in [9.17, 15) is 4.79 Å². The van der Waals surface area contributed by atoms with Crippen molar-refractivity contribution < 1.29 is 4.79 Å². The molecule has 0 bridgehead atoms. The second-order valence-electron chi connectivity index (χ2n) is 7.06. The van der Waals surface area contributed by atoms with Gasteiger partial charge in [0.05, 0.1) is 12.2 Å². The molecule has 26 heavy (non-hydrogen) atoms. The number of pyridine rings is 1. The van der Waals surface area contributed by atoms with E-state index < -0.39 is 0 Å². The molecular weight excluding hydrogens is 328 g/mol. The summed E-state index contributed by atoms with van der Waals surface area (Å²) < 4.78 is 0. The van der Waals surface area contributed by atoms with Crippen molar-refractivity contribution in [2.75, 3.05) is 32.5 Å². The molecule has 7 nitrogen and oxygen atoms in total. The Morgan fingerprint density at radius 1 is 1.38 bits per heavy atom. The highest BCUT2D eigenvalue weighted by Gasteiger charge is 2.24. The van der Waals surface area contributed by atoms with Crippen LogP contribution in [0.1, 0.15) is 25.1 Å². The van der Waals surface area contributed by atoms with E-state index in [1.165, 1.54) is 0 Å². The number of rotatable bonds is 5. The summed E-state index contributed by atoms with van der Waals surface area (Å²) in [6, 6.07) is 4.08. The number of hydrogen-bond acceptors (Lipinski definition) is 6. The summed E-state index contributed by atoms with van der Waals surface area (Å²) >= 11 is 0. The minimum atomic E-state index is 0.0766. The Kier molecular flexibility index (Phi) is 5.46. The molecule has 2 aromatic heterocycles. The van der Waals surface area contributed by atoms with Gasteiger partial charge in [0.15, 0.2) is 5.82 Å². The van der Waals surface area contributed by atoms with E-state index in [1.807, 2.05) is 17.0 Å². The fourth-order valence-corrected chi connectivity index (χ4v) is 3.27. The molecule has 0 saturated heterocycles. The van der Waals surface area contributed by atoms with Crippen molar-refractivity contribution >= 4 is 11.7 Å². The highest BCUT2D eigenvalue weighted by Crippen LogP contribution is 2.27. The Balaban J connectivity index is 1.99. The molecule has 0 spiro atoms. The molecule has 1 aliphatic rings. The number of nitrogens with one attached hydrogen (secondary N) is 1. The molecule has 0 aromatic carbocycles. The number of carbonyl (C=O) groups is 1. The van der Waals surface area contributed by atoms with Gasteiger partial charge < -0.3 is 15.1 Å². The van der Waals surface area contributed by atoms with Crippen LogP contribution in [0.3, 0.4) is 0 Å². The maximum absolute atomic E-state index is 11.8. The molecule has 1 amide bonds. The van der Waals surface area contributed by atoms with Crippen molar-refractivity contribution in [2.45, 2.75) is 32.9 Å². The van der Waals surface area contributed by atoms with Gasteiger partial charge in [-0.25, -0.2) is 9.97 Å². The van der Waals surface area contributed by atoms with E-state index in [2.05, 4.69) is 36.2 Å². The molecule has 0 radical (unpaired) electrons. The zero-order chi connectivity index (χ0) is 18.7. The third-order valence-electron chi connectivity index (χ3n) is 4.45. The van der Waals surface area contributed by atoms with Crippen LogP contribution in [0.15, 0.2) is 24.5 Å². The fourth-order valence-electron chi connectivity index (χ4n) is 3.27. The first-order valence-corrected chi connectivity index (χ1v) is 8.91. The Morgan fingerprint density at radius 3 is 2.85 bits per heavy atom. The zero-order valence-electron chi connectivity index (χ0n) is 15.9. The predicted octanol–water partition coefficient (Wildman–Crippen LogP) is 1.81. The SMILES string of the molecule is CC(=O)N1CCc2c(nc(-c3cccnc3)nc2N[C@@H](C)CN(C)C)C1. The molecule has 0 unspecified atom stereocenters. The first kappa shape index (κ1) is 18.3. The minimum absolute atomic E-state index is 0.0766. The topological polar surface area (TPSA) is 74.2 Å². The van der Waals surface area contributed by atoms with Crippen molar-refractivity contribution in [3.63, 3.8) is 0 Å². The van der Waals surface area contributed by atoms with E-state index in [0.29, 0.717) is 18.9 Å². The van der Waals surface area contributed by atoms with E-state index >= 15 is 0 Å². The van der Waals surface area contributed by atoms with Crippen LogP contribution in [0.2, 0.25) is 0 Å². The monoisotopic (exact) mass is 354 g/mol. The standard InChI is InChI=1S/C19H26N6O/c1-13(11-24(3)4)21-19-16-7-9-25(14(2)26)12-17(16)22-18(23-19)15-6-5-8-20-10-15/h5-6,8,10,13H,7,9,11-12H2,1-4H3,(H,21,22,23)/t13-/m0/s1. The summed E-state index contributed by atoms with van der Waals surface area (Å²) in [5, 5.41) is 3.54. The highest BCUT2D eigenvalue weighted by molar-refractivity contribution is 5.74. The lowest BCUT2D eigenvalue weighted by molar-refractivity contribution is -0.129. The molecule has 138 valence electrons. The Morgan fingerprint density at radius 2 is 2.19 bits per heavy atom. The largest absolute Gasteiger partial charge is 0.366 e. The Hall–Kier alpha value is -2.54. The number of likely N-dealkylation sites (N-methyl/N-ethyl adjacent to an activating group) is 1. The second-order valence-corrected chi connectivity index (χ2v) is 7.06. The van der Waals surface area contributed by atoms with Gasteiger partial charge in [-0.2, -0.15) is 0 Å². The van der Waals surface area contributed by atoms with E-state index in [4.69, 9.17) is 9.97 Å². The number of anilines is 1. The van der Waals surface area contributed by atoms with Gasteiger partial charge in [0, 0.05) is 49.6 Å². The molecular formula is C19H26N6O. The van der Waals surface area contributed by atoms with Crippen LogP contribution in [0, 0.1) is 0 Å². The average Bonchev–Trinajstić information content (AvgIpc) is 2.61. The summed E-state index contributed by atoms with van der Waals surface area (Å²) in [5.41, 5.74) is 2.90. The summed E-state index contributed by atoms with van der Waals surface area (Å²) in [5.74, 6) is 1.58. The fraction of sp³-hybridized carbons (Fsp3) is 0.474. The number of aromatic nitrogens is 3. The summed E-state index contributed by atoms with van der Waals surface area (Å²) in [6.45, 7) is 5.88. The maximum atomic E-state index is 11.8. The molecule has 1 aliphatic heterocycles. The molecule has 1 N–H and O–H groups in total. The lowest BCUT2D eigenvalue weighted by atomic mass is 10.0. The van der Waals surface area contributed by atoms with Gasteiger partial charge in [0.25, 0.3) is 0 Å². The number of nitrogens with zero attached hydrogens (tertiary/aromatic N) is 5. The quantitative estimate of drug-likeness (QED) is 0.883. The molecule has 0 aliphatic carbocycles. The van der Waals surface area contributed by atoms with Gasteiger partial charge in [0.2, 0.25) is 5.91 Å². The summed E-state index contributed by atoms with van der Waals surface area (Å²) in [7, 11) is 4.11. The number of fused-ring (bicyclic) bond motifs is 1. The third-order valence-corrected chi connectivity index (χ3v) is 4.45. The smallest absolute Gasteiger partial charge is 0.219 e. The van der Waals surface area contributed by atoms with Gasteiger partial charge in [-0.1, -0.05) is 0 Å². The second kappa shape index (κ2) is 7.78. The van der Waals surface area contributed by atoms with Crippen LogP contribution >= 0.6 is 0 Å². The lowest BCUT2D eigenvalue weighted by Gasteiger charge is -2.29. The van der Waals surface area contributed by atoms with Crippen LogP contribution < -0.4 is 5.32 Å².